The van der Waals surface area contributed by atoms with Gasteiger partial charge in [-0.15, -0.1) is 0 Å². The lowest BCUT2D eigenvalue weighted by atomic mass is 10.1. The topological polar surface area (TPSA) is 65.5 Å². The van der Waals surface area contributed by atoms with E-state index in [9.17, 15) is 0 Å². The molecular weight excluding hydrogens is 312 g/mol. The first-order valence-corrected chi connectivity index (χ1v) is 7.22. The molecular formula is C12H21BrN4O2. The Morgan fingerprint density at radius 2 is 2.21 bits per heavy atom. The van der Waals surface area contributed by atoms with E-state index in [2.05, 4.69) is 25.9 Å². The lowest BCUT2D eigenvalue weighted by molar-refractivity contribution is -0.0512. The third-order valence-corrected chi connectivity index (χ3v) is 3.69. The molecule has 6 nitrogen and oxygen atoms in total. The Hall–Kier alpha value is -0.470. The number of nitrogens with two attached hydrogens (primary N) is 1. The van der Waals surface area contributed by atoms with Gasteiger partial charge in [-0.2, -0.15) is 5.10 Å². The van der Waals surface area contributed by atoms with Crippen molar-refractivity contribution < 1.29 is 9.47 Å². The smallest absolute Gasteiger partial charge is 0.159 e. The highest BCUT2D eigenvalue weighted by molar-refractivity contribution is 9.10. The van der Waals surface area contributed by atoms with Crippen LogP contribution < -0.4 is 5.73 Å². The number of rotatable bonds is 6. The van der Waals surface area contributed by atoms with Crippen molar-refractivity contribution in [2.24, 2.45) is 5.73 Å². The van der Waals surface area contributed by atoms with Gasteiger partial charge in [0.05, 0.1) is 42.2 Å². The molecule has 0 saturated carbocycles. The maximum Gasteiger partial charge on any atom is 0.159 e. The first-order valence-electron chi connectivity index (χ1n) is 6.42. The number of hydrogen-bond donors (Lipinski definition) is 1. The van der Waals surface area contributed by atoms with Crippen molar-refractivity contribution in [3.05, 3.63) is 16.4 Å². The van der Waals surface area contributed by atoms with Crippen molar-refractivity contribution >= 4 is 15.9 Å². The molecule has 7 heteroatoms. The van der Waals surface area contributed by atoms with Gasteiger partial charge in [-0.1, -0.05) is 0 Å². The van der Waals surface area contributed by atoms with E-state index in [4.69, 9.17) is 15.2 Å². The van der Waals surface area contributed by atoms with Crippen molar-refractivity contribution in [2.45, 2.75) is 25.3 Å². The van der Waals surface area contributed by atoms with E-state index in [1.54, 1.807) is 6.20 Å². The Morgan fingerprint density at radius 1 is 1.53 bits per heavy atom. The fraction of sp³-hybridized carbons (Fsp3) is 0.750. The van der Waals surface area contributed by atoms with Gasteiger partial charge >= 0.3 is 0 Å². The van der Waals surface area contributed by atoms with Crippen molar-refractivity contribution in [2.75, 3.05) is 33.9 Å². The summed E-state index contributed by atoms with van der Waals surface area (Å²) in [4.78, 5) is 2.12. The van der Waals surface area contributed by atoms with Crippen LogP contribution in [-0.2, 0) is 16.0 Å². The highest BCUT2D eigenvalue weighted by Crippen LogP contribution is 2.26. The van der Waals surface area contributed by atoms with Crippen molar-refractivity contribution in [1.29, 1.82) is 0 Å². The largest absolute Gasteiger partial charge is 0.350 e. The van der Waals surface area contributed by atoms with Gasteiger partial charge in [0, 0.05) is 13.0 Å². The molecule has 1 unspecified atom stereocenters. The molecule has 0 aliphatic carbocycles. The molecule has 2 rings (SSSR count). The minimum atomic E-state index is -0.195. The van der Waals surface area contributed by atoms with Crippen LogP contribution in [0.5, 0.6) is 0 Å². The van der Waals surface area contributed by atoms with Gasteiger partial charge in [-0.05, 0) is 30.0 Å². The molecule has 0 spiro atoms. The van der Waals surface area contributed by atoms with E-state index in [1.165, 1.54) is 0 Å². The fourth-order valence-electron chi connectivity index (χ4n) is 2.08. The molecule has 1 aliphatic heterocycles. The van der Waals surface area contributed by atoms with E-state index in [0.717, 1.165) is 23.3 Å². The van der Waals surface area contributed by atoms with E-state index in [1.807, 2.05) is 18.8 Å². The van der Waals surface area contributed by atoms with Crippen LogP contribution in [-0.4, -0.2) is 54.8 Å². The first-order chi connectivity index (χ1) is 9.08. The highest BCUT2D eigenvalue weighted by atomic mass is 79.9. The molecule has 1 aromatic rings. The van der Waals surface area contributed by atoms with Crippen LogP contribution >= 0.6 is 15.9 Å². The summed E-state index contributed by atoms with van der Waals surface area (Å²) in [5, 5.41) is 4.36. The Balaban J connectivity index is 2.02. The van der Waals surface area contributed by atoms with Crippen LogP contribution in [0.15, 0.2) is 10.7 Å². The Morgan fingerprint density at radius 3 is 2.84 bits per heavy atom. The molecule has 0 bridgehead atoms. The van der Waals surface area contributed by atoms with Gasteiger partial charge in [0.1, 0.15) is 0 Å². The number of hydrogen-bond acceptors (Lipinski definition) is 5. The third kappa shape index (κ3) is 4.00. The summed E-state index contributed by atoms with van der Waals surface area (Å²) in [7, 11) is 4.08. The predicted molar refractivity (Wildman–Crippen MR) is 75.7 cm³/mol. The molecule has 19 heavy (non-hydrogen) atoms. The van der Waals surface area contributed by atoms with Gasteiger partial charge in [-0.25, -0.2) is 0 Å². The van der Waals surface area contributed by atoms with Crippen LogP contribution in [0, 0.1) is 0 Å². The zero-order valence-electron chi connectivity index (χ0n) is 11.4. The summed E-state index contributed by atoms with van der Waals surface area (Å²) >= 11 is 3.52. The average molecular weight is 333 g/mol. The Bertz CT molecular complexity index is 404. The molecule has 0 amide bonds. The Kier molecular flexibility index (Phi) is 5.35. The van der Waals surface area contributed by atoms with E-state index in [0.29, 0.717) is 19.6 Å². The zero-order valence-corrected chi connectivity index (χ0v) is 13.0. The minimum Gasteiger partial charge on any atom is -0.350 e. The summed E-state index contributed by atoms with van der Waals surface area (Å²) in [6.07, 6.45) is 2.24. The van der Waals surface area contributed by atoms with E-state index < -0.39 is 0 Å². The van der Waals surface area contributed by atoms with Crippen molar-refractivity contribution in [3.63, 3.8) is 0 Å². The molecule has 1 atom stereocenters. The SMILES string of the molecule is CN(C)CCn1ncc(Br)c1C(N)CC1OCCO1. The lowest BCUT2D eigenvalue weighted by Gasteiger charge is -2.19. The van der Waals surface area contributed by atoms with Crippen LogP contribution in [0.25, 0.3) is 0 Å². The normalized spacial score (nSPS) is 18.4. The lowest BCUT2D eigenvalue weighted by Crippen LogP contribution is -2.25. The van der Waals surface area contributed by atoms with Crippen LogP contribution in [0.1, 0.15) is 18.2 Å². The standard InChI is InChI=1S/C12H21BrN4O2/c1-16(2)3-4-17-12(9(13)8-15-17)10(14)7-11-18-5-6-19-11/h8,10-11H,3-7,14H2,1-2H3. The fourth-order valence-corrected chi connectivity index (χ4v) is 2.67. The summed E-state index contributed by atoms with van der Waals surface area (Å²) in [6.45, 7) is 3.04. The monoisotopic (exact) mass is 332 g/mol. The quantitative estimate of drug-likeness (QED) is 0.840. The summed E-state index contributed by atoms with van der Waals surface area (Å²) in [5.74, 6) is 0. The molecule has 1 aliphatic rings. The van der Waals surface area contributed by atoms with Gasteiger partial charge in [-0.3, -0.25) is 4.68 Å². The second kappa shape index (κ2) is 6.81. The molecule has 1 aromatic heterocycles. The number of nitrogens with zero attached hydrogens (tertiary/aromatic N) is 3. The van der Waals surface area contributed by atoms with E-state index >= 15 is 0 Å². The van der Waals surface area contributed by atoms with Crippen molar-refractivity contribution in [3.8, 4) is 0 Å². The summed E-state index contributed by atoms with van der Waals surface area (Å²) in [5.41, 5.74) is 7.26. The van der Waals surface area contributed by atoms with Gasteiger partial charge in [0.25, 0.3) is 0 Å². The first kappa shape index (κ1) is 14.9. The molecule has 0 aromatic carbocycles. The molecule has 0 radical (unpaired) electrons. The molecule has 1 saturated heterocycles. The molecule has 1 fully saturated rings. The predicted octanol–water partition coefficient (Wildman–Crippen LogP) is 0.970. The van der Waals surface area contributed by atoms with Crippen molar-refractivity contribution in [1.82, 2.24) is 14.7 Å². The number of halogens is 1. The maximum absolute atomic E-state index is 6.26. The van der Waals surface area contributed by atoms with Gasteiger partial charge in [0.2, 0.25) is 0 Å². The van der Waals surface area contributed by atoms with Gasteiger partial charge < -0.3 is 20.1 Å². The van der Waals surface area contributed by atoms with E-state index in [-0.39, 0.29) is 12.3 Å². The molecule has 2 heterocycles. The average Bonchev–Trinajstić information content (AvgIpc) is 2.96. The van der Waals surface area contributed by atoms with Crippen LogP contribution in [0.4, 0.5) is 0 Å². The van der Waals surface area contributed by atoms with Crippen LogP contribution in [0.2, 0.25) is 0 Å². The van der Waals surface area contributed by atoms with Crippen LogP contribution in [0.3, 0.4) is 0 Å². The minimum absolute atomic E-state index is 0.151. The Labute approximate surface area is 122 Å². The maximum atomic E-state index is 6.26. The number of aromatic nitrogens is 2. The number of likely N-dealkylation sites (N-methyl/N-ethyl adjacent to an activating group) is 1. The number of ether oxygens (including phenoxy) is 2. The summed E-state index contributed by atoms with van der Waals surface area (Å²) < 4.78 is 13.8. The third-order valence-electron chi connectivity index (χ3n) is 3.08. The highest BCUT2D eigenvalue weighted by Gasteiger charge is 2.24. The zero-order chi connectivity index (χ0) is 13.8. The second-order valence-corrected chi connectivity index (χ2v) is 5.77. The second-order valence-electron chi connectivity index (χ2n) is 4.92. The van der Waals surface area contributed by atoms with Gasteiger partial charge in [0.15, 0.2) is 6.29 Å². The molecule has 2 N–H and O–H groups in total. The summed E-state index contributed by atoms with van der Waals surface area (Å²) in [6, 6.07) is -0.151. The molecule has 108 valence electrons.